The highest BCUT2D eigenvalue weighted by Gasteiger charge is 2.63. The van der Waals surface area contributed by atoms with Gasteiger partial charge in [0.05, 0.1) is 23.9 Å². The van der Waals surface area contributed by atoms with Crippen molar-refractivity contribution in [3.8, 4) is 5.75 Å². The number of hydrogen-bond donors (Lipinski definition) is 1. The Morgan fingerprint density at radius 2 is 2.21 bits per heavy atom. The van der Waals surface area contributed by atoms with Crippen LogP contribution in [0.3, 0.4) is 0 Å². The molecule has 1 amide bonds. The van der Waals surface area contributed by atoms with Crippen molar-refractivity contribution >= 4 is 23.3 Å². The van der Waals surface area contributed by atoms with Crippen molar-refractivity contribution in [3.63, 3.8) is 0 Å². The van der Waals surface area contributed by atoms with Crippen LogP contribution in [0, 0.1) is 33.8 Å². The van der Waals surface area contributed by atoms with Crippen LogP contribution in [0.2, 0.25) is 0 Å². The highest BCUT2D eigenvalue weighted by Crippen LogP contribution is 2.57. The molecule has 8 nitrogen and oxygen atoms in total. The maximum atomic E-state index is 12.7. The zero-order chi connectivity index (χ0) is 17.0. The fourth-order valence-corrected chi connectivity index (χ4v) is 4.48. The van der Waals surface area contributed by atoms with Gasteiger partial charge in [-0.05, 0) is 24.8 Å². The fraction of sp³-hybridized carbons (Fsp3) is 0.500. The molecule has 3 fully saturated rings. The summed E-state index contributed by atoms with van der Waals surface area (Å²) in [6.45, 7) is 0. The van der Waals surface area contributed by atoms with Crippen molar-refractivity contribution in [2.75, 3.05) is 12.4 Å². The third kappa shape index (κ3) is 2.05. The highest BCUT2D eigenvalue weighted by molar-refractivity contribution is 5.98. The molecule has 1 aromatic rings. The number of benzene rings is 1. The van der Waals surface area contributed by atoms with Gasteiger partial charge in [-0.2, -0.15) is 0 Å². The van der Waals surface area contributed by atoms with Gasteiger partial charge in [-0.15, -0.1) is 0 Å². The molecule has 1 heterocycles. The predicted molar refractivity (Wildman–Crippen MR) is 81.4 cm³/mol. The third-order valence-electron chi connectivity index (χ3n) is 5.44. The number of nitro groups is 1. The normalized spacial score (nSPS) is 32.5. The molecule has 1 aromatic carbocycles. The Kier molecular flexibility index (Phi) is 3.22. The van der Waals surface area contributed by atoms with E-state index in [2.05, 4.69) is 5.32 Å². The van der Waals surface area contributed by atoms with Crippen molar-refractivity contribution in [1.82, 2.24) is 0 Å². The van der Waals surface area contributed by atoms with Crippen molar-refractivity contribution in [3.05, 3.63) is 28.3 Å². The van der Waals surface area contributed by atoms with Gasteiger partial charge in [0.2, 0.25) is 5.91 Å². The van der Waals surface area contributed by atoms with Crippen LogP contribution >= 0.6 is 0 Å². The number of amides is 1. The molecule has 8 heteroatoms. The van der Waals surface area contributed by atoms with Gasteiger partial charge in [0.1, 0.15) is 17.5 Å². The number of nitrogens with zero attached hydrogens (tertiary/aromatic N) is 1. The van der Waals surface area contributed by atoms with Gasteiger partial charge in [-0.25, -0.2) is 0 Å². The van der Waals surface area contributed by atoms with Crippen molar-refractivity contribution in [1.29, 1.82) is 0 Å². The van der Waals surface area contributed by atoms with Gasteiger partial charge in [0.15, 0.2) is 0 Å². The van der Waals surface area contributed by atoms with Gasteiger partial charge in [-0.3, -0.25) is 19.7 Å². The van der Waals surface area contributed by atoms with Crippen LogP contribution in [-0.4, -0.2) is 30.0 Å². The molecule has 0 unspecified atom stereocenters. The van der Waals surface area contributed by atoms with Gasteiger partial charge >= 0.3 is 5.97 Å². The van der Waals surface area contributed by atoms with Gasteiger partial charge in [0, 0.05) is 18.1 Å². The summed E-state index contributed by atoms with van der Waals surface area (Å²) in [6, 6.07) is 4.17. The number of nitrogens with one attached hydrogen (secondary N) is 1. The summed E-state index contributed by atoms with van der Waals surface area (Å²) in [5, 5.41) is 13.8. The number of nitro benzene ring substituents is 1. The molecule has 0 spiro atoms. The van der Waals surface area contributed by atoms with E-state index < -0.39 is 16.8 Å². The summed E-state index contributed by atoms with van der Waals surface area (Å²) >= 11 is 0. The van der Waals surface area contributed by atoms with E-state index in [1.165, 1.54) is 25.3 Å². The van der Waals surface area contributed by atoms with Crippen molar-refractivity contribution < 1.29 is 24.0 Å². The molecule has 0 aromatic heterocycles. The van der Waals surface area contributed by atoms with Crippen molar-refractivity contribution in [2.45, 2.75) is 18.9 Å². The van der Waals surface area contributed by atoms with E-state index in [9.17, 15) is 19.7 Å². The number of rotatable bonds is 4. The lowest BCUT2D eigenvalue weighted by atomic mass is 9.79. The smallest absolute Gasteiger partial charge is 0.310 e. The summed E-state index contributed by atoms with van der Waals surface area (Å²) in [5.74, 6) is -0.958. The first kappa shape index (κ1) is 14.9. The molecular formula is C16H16N2O6. The zero-order valence-corrected chi connectivity index (χ0v) is 12.9. The van der Waals surface area contributed by atoms with Gasteiger partial charge < -0.3 is 14.8 Å². The molecular weight excluding hydrogens is 316 g/mol. The molecule has 4 rings (SSSR count). The first-order valence-corrected chi connectivity index (χ1v) is 7.83. The number of anilines is 1. The topological polar surface area (TPSA) is 108 Å². The second-order valence-electron chi connectivity index (χ2n) is 6.55. The van der Waals surface area contributed by atoms with E-state index in [1.54, 1.807) is 0 Å². The van der Waals surface area contributed by atoms with E-state index in [4.69, 9.17) is 9.47 Å². The van der Waals surface area contributed by atoms with E-state index >= 15 is 0 Å². The van der Waals surface area contributed by atoms with Gasteiger partial charge in [-0.1, -0.05) is 0 Å². The second kappa shape index (κ2) is 5.19. The van der Waals surface area contributed by atoms with Crippen LogP contribution in [0.4, 0.5) is 11.4 Å². The van der Waals surface area contributed by atoms with E-state index in [0.29, 0.717) is 12.2 Å². The Morgan fingerprint density at radius 3 is 2.92 bits per heavy atom. The van der Waals surface area contributed by atoms with E-state index in [0.717, 1.165) is 6.42 Å². The molecule has 1 aliphatic heterocycles. The largest absolute Gasteiger partial charge is 0.497 e. The summed E-state index contributed by atoms with van der Waals surface area (Å²) in [4.78, 5) is 35.3. The molecule has 2 aliphatic carbocycles. The quantitative estimate of drug-likeness (QED) is 0.511. The standard InChI is InChI=1S/C16H16N2O6/c1-23-8-2-3-11(18(21)22)10(6-8)17-15(19)13-7-4-9-12(5-7)24-16(20)14(9)13/h2-3,6-7,9,12-14H,4-5H2,1H3,(H,17,19)/t7-,9-,12-,13+,14+/m1/s1. The Labute approximate surface area is 137 Å². The zero-order valence-electron chi connectivity index (χ0n) is 12.9. The van der Waals surface area contributed by atoms with Crippen LogP contribution < -0.4 is 10.1 Å². The molecule has 126 valence electrons. The van der Waals surface area contributed by atoms with E-state index in [-0.39, 0.29) is 41.2 Å². The minimum atomic E-state index is -0.560. The molecule has 0 radical (unpaired) electrons. The Hall–Kier alpha value is -2.64. The van der Waals surface area contributed by atoms with E-state index in [1.807, 2.05) is 0 Å². The van der Waals surface area contributed by atoms with Crippen LogP contribution in [0.5, 0.6) is 5.75 Å². The first-order valence-electron chi connectivity index (χ1n) is 7.83. The molecule has 2 bridgehead atoms. The Morgan fingerprint density at radius 1 is 1.42 bits per heavy atom. The summed E-state index contributed by atoms with van der Waals surface area (Å²) < 4.78 is 10.4. The average Bonchev–Trinajstić information content (AvgIpc) is 3.16. The monoisotopic (exact) mass is 332 g/mol. The number of carbonyl (C=O) groups excluding carboxylic acids is 2. The third-order valence-corrected chi connectivity index (χ3v) is 5.44. The van der Waals surface area contributed by atoms with Crippen LogP contribution in [0.15, 0.2) is 18.2 Å². The average molecular weight is 332 g/mol. The van der Waals surface area contributed by atoms with Crippen LogP contribution in [-0.2, 0) is 14.3 Å². The van der Waals surface area contributed by atoms with Crippen molar-refractivity contribution in [2.24, 2.45) is 23.7 Å². The van der Waals surface area contributed by atoms with Crippen LogP contribution in [0.25, 0.3) is 0 Å². The maximum Gasteiger partial charge on any atom is 0.310 e. The molecule has 5 atom stereocenters. The van der Waals surface area contributed by atoms with Crippen LogP contribution in [0.1, 0.15) is 12.8 Å². The molecule has 24 heavy (non-hydrogen) atoms. The molecule has 2 saturated carbocycles. The number of methoxy groups -OCH3 is 1. The first-order chi connectivity index (χ1) is 11.5. The Bertz CT molecular complexity index is 746. The number of esters is 1. The molecule has 1 saturated heterocycles. The lowest BCUT2D eigenvalue weighted by Crippen LogP contribution is -2.36. The summed E-state index contributed by atoms with van der Waals surface area (Å²) in [5.41, 5.74) is -0.130. The number of carbonyl (C=O) groups is 2. The highest BCUT2D eigenvalue weighted by atomic mass is 16.6. The number of fused-ring (bicyclic) bond motifs is 1. The predicted octanol–water partition coefficient (Wildman–Crippen LogP) is 1.74. The lowest BCUT2D eigenvalue weighted by Gasteiger charge is -2.23. The number of hydrogen-bond acceptors (Lipinski definition) is 6. The summed E-state index contributed by atoms with van der Waals surface area (Å²) in [6.07, 6.45) is 1.45. The lowest BCUT2D eigenvalue weighted by molar-refractivity contribution is -0.384. The molecule has 3 aliphatic rings. The summed E-state index contributed by atoms with van der Waals surface area (Å²) in [7, 11) is 1.44. The maximum absolute atomic E-state index is 12.7. The minimum Gasteiger partial charge on any atom is -0.497 e. The second-order valence-corrected chi connectivity index (χ2v) is 6.55. The SMILES string of the molecule is COc1ccc([N+](=O)[O-])c(NC(=O)[C@H]2[C@@H]3C[C@H]4[C@@H]2C(=O)O[C@@H]4C3)c1. The van der Waals surface area contributed by atoms with Gasteiger partial charge in [0.25, 0.3) is 5.69 Å². The Balaban J connectivity index is 1.61. The number of ether oxygens (including phenoxy) is 2. The molecule has 1 N–H and O–H groups in total. The minimum absolute atomic E-state index is 0.0531. The fourth-order valence-electron chi connectivity index (χ4n) is 4.48.